The second-order valence-corrected chi connectivity index (χ2v) is 6.25. The summed E-state index contributed by atoms with van der Waals surface area (Å²) in [5, 5.41) is 15.8. The van der Waals surface area contributed by atoms with Crippen LogP contribution in [0.25, 0.3) is 5.69 Å². The number of benzene rings is 2. The average Bonchev–Trinajstić information content (AvgIpc) is 3.25. The Morgan fingerprint density at radius 1 is 0.929 bits per heavy atom. The lowest BCUT2D eigenvalue weighted by Gasteiger charge is -2.09. The molecule has 0 saturated heterocycles. The van der Waals surface area contributed by atoms with Gasteiger partial charge in [-0.05, 0) is 54.4 Å². The van der Waals surface area contributed by atoms with Crippen LogP contribution < -0.4 is 10.6 Å². The van der Waals surface area contributed by atoms with Gasteiger partial charge in [-0.2, -0.15) is 4.98 Å². The van der Waals surface area contributed by atoms with Crippen LogP contribution in [0.15, 0.2) is 79.5 Å². The molecule has 4 rings (SSSR count). The maximum absolute atomic E-state index is 9.33. The standard InChI is InChI=1S/C21H20N6O/c28-19-7-1-16(2-8-19)9-11-23-20-10-12-24-21(26-20)25-17-3-5-18(6-4-17)27-14-13-22-15-27/h1-8,10,12-15,28H,9,11H2,(H2,23,24,25,26). The number of phenolic OH excluding ortho intramolecular Hbond substituents is 1. The first kappa shape index (κ1) is 17.5. The van der Waals surface area contributed by atoms with Gasteiger partial charge in [0.25, 0.3) is 0 Å². The summed E-state index contributed by atoms with van der Waals surface area (Å²) in [5.74, 6) is 1.57. The molecule has 28 heavy (non-hydrogen) atoms. The Kier molecular flexibility index (Phi) is 5.15. The molecule has 3 N–H and O–H groups in total. The maximum Gasteiger partial charge on any atom is 0.229 e. The van der Waals surface area contributed by atoms with Crippen molar-refractivity contribution in [1.82, 2.24) is 19.5 Å². The number of aromatic nitrogens is 4. The fourth-order valence-corrected chi connectivity index (χ4v) is 2.77. The largest absolute Gasteiger partial charge is 0.508 e. The fraction of sp³-hybridized carbons (Fsp3) is 0.0952. The highest BCUT2D eigenvalue weighted by atomic mass is 16.3. The zero-order chi connectivity index (χ0) is 19.2. The van der Waals surface area contributed by atoms with Crippen LogP contribution in [0.5, 0.6) is 5.75 Å². The van der Waals surface area contributed by atoms with Crippen molar-refractivity contribution < 1.29 is 5.11 Å². The molecule has 2 aromatic carbocycles. The van der Waals surface area contributed by atoms with E-state index in [0.717, 1.165) is 35.7 Å². The van der Waals surface area contributed by atoms with E-state index < -0.39 is 0 Å². The second-order valence-electron chi connectivity index (χ2n) is 6.25. The molecule has 0 unspecified atom stereocenters. The first-order valence-corrected chi connectivity index (χ1v) is 8.96. The first-order valence-electron chi connectivity index (χ1n) is 8.96. The number of nitrogens with one attached hydrogen (secondary N) is 2. The zero-order valence-corrected chi connectivity index (χ0v) is 15.2. The highest BCUT2D eigenvalue weighted by Gasteiger charge is 2.02. The van der Waals surface area contributed by atoms with Gasteiger partial charge in [0.15, 0.2) is 0 Å². The van der Waals surface area contributed by atoms with Crippen LogP contribution in [0.1, 0.15) is 5.56 Å². The molecule has 4 aromatic rings. The topological polar surface area (TPSA) is 87.9 Å². The number of hydrogen-bond acceptors (Lipinski definition) is 6. The molecular formula is C21H20N6O. The van der Waals surface area contributed by atoms with E-state index in [4.69, 9.17) is 0 Å². The Labute approximate surface area is 162 Å². The quantitative estimate of drug-likeness (QED) is 0.458. The van der Waals surface area contributed by atoms with E-state index in [0.29, 0.717) is 5.95 Å². The van der Waals surface area contributed by atoms with Crippen LogP contribution >= 0.6 is 0 Å². The highest BCUT2D eigenvalue weighted by molar-refractivity contribution is 5.56. The minimum Gasteiger partial charge on any atom is -0.508 e. The summed E-state index contributed by atoms with van der Waals surface area (Å²) in [6.07, 6.45) is 7.97. The Morgan fingerprint density at radius 2 is 1.75 bits per heavy atom. The average molecular weight is 372 g/mol. The highest BCUT2D eigenvalue weighted by Crippen LogP contribution is 2.17. The van der Waals surface area contributed by atoms with E-state index in [1.807, 2.05) is 53.2 Å². The summed E-state index contributed by atoms with van der Waals surface area (Å²) in [7, 11) is 0. The van der Waals surface area contributed by atoms with Gasteiger partial charge >= 0.3 is 0 Å². The van der Waals surface area contributed by atoms with Gasteiger partial charge in [0, 0.05) is 36.5 Å². The predicted octanol–water partition coefficient (Wildman–Crippen LogP) is 3.77. The molecule has 0 aliphatic heterocycles. The van der Waals surface area contributed by atoms with Crippen molar-refractivity contribution in [2.45, 2.75) is 6.42 Å². The van der Waals surface area contributed by atoms with Crippen molar-refractivity contribution in [3.63, 3.8) is 0 Å². The molecule has 0 aliphatic rings. The lowest BCUT2D eigenvalue weighted by molar-refractivity contribution is 0.475. The number of aromatic hydroxyl groups is 1. The Bertz CT molecular complexity index is 1010. The maximum atomic E-state index is 9.33. The normalized spacial score (nSPS) is 10.6. The van der Waals surface area contributed by atoms with Gasteiger partial charge in [-0.25, -0.2) is 9.97 Å². The molecule has 0 fully saturated rings. The number of nitrogens with zero attached hydrogens (tertiary/aromatic N) is 4. The third-order valence-corrected chi connectivity index (χ3v) is 4.24. The van der Waals surface area contributed by atoms with Gasteiger partial charge < -0.3 is 20.3 Å². The van der Waals surface area contributed by atoms with Crippen molar-refractivity contribution in [1.29, 1.82) is 0 Å². The lowest BCUT2D eigenvalue weighted by atomic mass is 10.1. The molecule has 0 amide bonds. The lowest BCUT2D eigenvalue weighted by Crippen LogP contribution is -2.07. The van der Waals surface area contributed by atoms with E-state index in [-0.39, 0.29) is 5.75 Å². The first-order chi connectivity index (χ1) is 13.8. The summed E-state index contributed by atoms with van der Waals surface area (Å²) in [4.78, 5) is 12.8. The molecule has 2 aromatic heterocycles. The second kappa shape index (κ2) is 8.22. The van der Waals surface area contributed by atoms with Crippen molar-refractivity contribution in [2.24, 2.45) is 0 Å². The van der Waals surface area contributed by atoms with Crippen molar-refractivity contribution in [3.8, 4) is 11.4 Å². The number of rotatable bonds is 7. The Morgan fingerprint density at radius 3 is 2.50 bits per heavy atom. The molecule has 2 heterocycles. The van der Waals surface area contributed by atoms with Crippen molar-refractivity contribution >= 4 is 17.5 Å². The molecular weight excluding hydrogens is 352 g/mol. The summed E-state index contributed by atoms with van der Waals surface area (Å²) in [5.41, 5.74) is 3.09. The van der Waals surface area contributed by atoms with Crippen LogP contribution in [0, 0.1) is 0 Å². The van der Waals surface area contributed by atoms with E-state index in [1.165, 1.54) is 0 Å². The number of hydrogen-bond donors (Lipinski definition) is 3. The summed E-state index contributed by atoms with van der Waals surface area (Å²) >= 11 is 0. The van der Waals surface area contributed by atoms with Crippen LogP contribution in [-0.4, -0.2) is 31.2 Å². The number of anilines is 3. The number of phenols is 1. The van der Waals surface area contributed by atoms with E-state index in [2.05, 4.69) is 25.6 Å². The van der Waals surface area contributed by atoms with E-state index >= 15 is 0 Å². The minimum atomic E-state index is 0.279. The third kappa shape index (κ3) is 4.45. The van der Waals surface area contributed by atoms with Crippen molar-refractivity contribution in [2.75, 3.05) is 17.2 Å². The SMILES string of the molecule is Oc1ccc(CCNc2ccnc(Nc3ccc(-n4ccnc4)cc3)n2)cc1. The molecule has 0 radical (unpaired) electrons. The van der Waals surface area contributed by atoms with E-state index in [1.54, 1.807) is 30.9 Å². The van der Waals surface area contributed by atoms with Gasteiger partial charge in [-0.15, -0.1) is 0 Å². The van der Waals surface area contributed by atoms with Gasteiger partial charge in [0.2, 0.25) is 5.95 Å². The van der Waals surface area contributed by atoms with Gasteiger partial charge in [-0.3, -0.25) is 0 Å². The van der Waals surface area contributed by atoms with Gasteiger partial charge in [-0.1, -0.05) is 12.1 Å². The molecule has 7 nitrogen and oxygen atoms in total. The van der Waals surface area contributed by atoms with Crippen LogP contribution in [-0.2, 0) is 6.42 Å². The molecule has 0 spiro atoms. The Balaban J connectivity index is 1.35. The third-order valence-electron chi connectivity index (χ3n) is 4.24. The van der Waals surface area contributed by atoms with Gasteiger partial charge in [0.05, 0.1) is 6.33 Å². The van der Waals surface area contributed by atoms with E-state index in [9.17, 15) is 5.11 Å². The zero-order valence-electron chi connectivity index (χ0n) is 15.2. The molecule has 0 saturated carbocycles. The summed E-state index contributed by atoms with van der Waals surface area (Å²) < 4.78 is 1.94. The molecule has 0 aliphatic carbocycles. The molecule has 140 valence electrons. The Hall–Kier alpha value is -3.87. The van der Waals surface area contributed by atoms with Crippen LogP contribution in [0.3, 0.4) is 0 Å². The number of imidazole rings is 1. The van der Waals surface area contributed by atoms with Crippen LogP contribution in [0.4, 0.5) is 17.5 Å². The monoisotopic (exact) mass is 372 g/mol. The minimum absolute atomic E-state index is 0.279. The fourth-order valence-electron chi connectivity index (χ4n) is 2.77. The molecule has 0 bridgehead atoms. The molecule has 0 atom stereocenters. The van der Waals surface area contributed by atoms with Gasteiger partial charge in [0.1, 0.15) is 11.6 Å². The molecule has 7 heteroatoms. The predicted molar refractivity (Wildman–Crippen MR) is 109 cm³/mol. The van der Waals surface area contributed by atoms with Crippen molar-refractivity contribution in [3.05, 3.63) is 85.1 Å². The van der Waals surface area contributed by atoms with Crippen LogP contribution in [0.2, 0.25) is 0 Å². The smallest absolute Gasteiger partial charge is 0.229 e. The summed E-state index contributed by atoms with van der Waals surface area (Å²) in [6, 6.07) is 17.0. The summed E-state index contributed by atoms with van der Waals surface area (Å²) in [6.45, 7) is 0.737.